The summed E-state index contributed by atoms with van der Waals surface area (Å²) in [7, 11) is -3.61. The third-order valence-electron chi connectivity index (χ3n) is 2.70. The van der Waals surface area contributed by atoms with Crippen molar-refractivity contribution in [3.63, 3.8) is 0 Å². The third kappa shape index (κ3) is 2.79. The molecule has 0 amide bonds. The molecule has 0 aromatic heterocycles. The number of aliphatic hydroxyl groups excluding tert-OH is 1. The van der Waals surface area contributed by atoms with Crippen LogP contribution in [0.15, 0.2) is 27.6 Å². The maximum atomic E-state index is 12.0. The van der Waals surface area contributed by atoms with Crippen molar-refractivity contribution >= 4 is 31.6 Å². The molecule has 0 atom stereocenters. The number of hydrogen-bond acceptors (Lipinski definition) is 4. The first-order valence-electron chi connectivity index (χ1n) is 5.14. The predicted molar refractivity (Wildman–Crippen MR) is 67.9 cm³/mol. The van der Waals surface area contributed by atoms with E-state index in [0.717, 1.165) is 0 Å². The molecule has 1 aliphatic rings. The number of nitrogen functional groups attached to an aromatic ring is 1. The number of halogens is 1. The first-order chi connectivity index (χ1) is 7.88. The van der Waals surface area contributed by atoms with Gasteiger partial charge in [0.2, 0.25) is 10.0 Å². The van der Waals surface area contributed by atoms with Gasteiger partial charge in [-0.2, -0.15) is 0 Å². The molecule has 0 radical (unpaired) electrons. The van der Waals surface area contributed by atoms with Crippen LogP contribution in [-0.4, -0.2) is 25.7 Å². The predicted octanol–water partition coefficient (Wildman–Crippen LogP) is 0.833. The normalized spacial score (nSPS) is 24.4. The second-order valence-corrected chi connectivity index (χ2v) is 6.72. The maximum Gasteiger partial charge on any atom is 0.242 e. The Morgan fingerprint density at radius 3 is 2.65 bits per heavy atom. The minimum atomic E-state index is -3.61. The average Bonchev–Trinajstić information content (AvgIpc) is 2.19. The largest absolute Gasteiger partial charge is 0.398 e. The summed E-state index contributed by atoms with van der Waals surface area (Å²) in [5, 5.41) is 9.12. The van der Waals surface area contributed by atoms with Crippen LogP contribution in [0, 0.1) is 0 Å². The van der Waals surface area contributed by atoms with Crippen molar-refractivity contribution in [2.75, 3.05) is 5.73 Å². The molecule has 7 heteroatoms. The van der Waals surface area contributed by atoms with Gasteiger partial charge in [0, 0.05) is 10.5 Å². The van der Waals surface area contributed by atoms with Crippen LogP contribution in [0.3, 0.4) is 0 Å². The minimum absolute atomic E-state index is 0.0632. The summed E-state index contributed by atoms with van der Waals surface area (Å²) < 4.78 is 27.2. The summed E-state index contributed by atoms with van der Waals surface area (Å²) in [4.78, 5) is 0.0632. The first kappa shape index (κ1) is 12.8. The van der Waals surface area contributed by atoms with Crippen molar-refractivity contribution < 1.29 is 13.5 Å². The summed E-state index contributed by atoms with van der Waals surface area (Å²) in [5.41, 5.74) is 5.86. The van der Waals surface area contributed by atoms with Crippen molar-refractivity contribution in [1.82, 2.24) is 4.72 Å². The summed E-state index contributed by atoms with van der Waals surface area (Å²) >= 11 is 3.21. The lowest BCUT2D eigenvalue weighted by Gasteiger charge is -2.31. The van der Waals surface area contributed by atoms with Crippen LogP contribution in [0.5, 0.6) is 0 Å². The summed E-state index contributed by atoms with van der Waals surface area (Å²) in [6.45, 7) is 0. The number of sulfonamides is 1. The quantitative estimate of drug-likeness (QED) is 0.719. The van der Waals surface area contributed by atoms with E-state index in [9.17, 15) is 8.42 Å². The van der Waals surface area contributed by atoms with E-state index >= 15 is 0 Å². The van der Waals surface area contributed by atoms with E-state index in [1.54, 1.807) is 6.07 Å². The molecule has 0 unspecified atom stereocenters. The Kier molecular flexibility index (Phi) is 3.44. The van der Waals surface area contributed by atoms with Gasteiger partial charge in [0.25, 0.3) is 0 Å². The van der Waals surface area contributed by atoms with Crippen molar-refractivity contribution in [1.29, 1.82) is 0 Å². The molecule has 1 aromatic carbocycles. The molecular weight excluding hydrogens is 308 g/mol. The second kappa shape index (κ2) is 4.56. The number of nitrogens with one attached hydrogen (secondary N) is 1. The monoisotopic (exact) mass is 320 g/mol. The highest BCUT2D eigenvalue weighted by molar-refractivity contribution is 9.10. The Bertz CT molecular complexity index is 526. The van der Waals surface area contributed by atoms with Crippen LogP contribution < -0.4 is 10.5 Å². The van der Waals surface area contributed by atoms with Crippen molar-refractivity contribution in [2.24, 2.45) is 0 Å². The molecule has 0 saturated heterocycles. The molecule has 5 nitrogen and oxygen atoms in total. The van der Waals surface area contributed by atoms with Crippen LogP contribution in [0.25, 0.3) is 0 Å². The zero-order chi connectivity index (χ0) is 12.6. The fourth-order valence-corrected chi connectivity index (χ4v) is 3.64. The fourth-order valence-electron chi connectivity index (χ4n) is 1.71. The lowest BCUT2D eigenvalue weighted by molar-refractivity contribution is 0.0712. The second-order valence-electron chi connectivity index (χ2n) is 4.13. The van der Waals surface area contributed by atoms with Gasteiger partial charge in [-0.15, -0.1) is 0 Å². The van der Waals surface area contributed by atoms with Gasteiger partial charge in [0.15, 0.2) is 0 Å². The molecule has 17 heavy (non-hydrogen) atoms. The summed E-state index contributed by atoms with van der Waals surface area (Å²) in [5.74, 6) is 0. The maximum absolute atomic E-state index is 12.0. The Balaban J connectivity index is 2.22. The van der Waals surface area contributed by atoms with Gasteiger partial charge in [0.05, 0.1) is 11.8 Å². The lowest BCUT2D eigenvalue weighted by Crippen LogP contribution is -2.46. The molecule has 4 N–H and O–H groups in total. The van der Waals surface area contributed by atoms with Crippen LogP contribution in [0.4, 0.5) is 5.69 Å². The Morgan fingerprint density at radius 2 is 2.06 bits per heavy atom. The Hall–Kier alpha value is -0.630. The summed E-state index contributed by atoms with van der Waals surface area (Å²) in [6, 6.07) is 4.48. The zero-order valence-corrected chi connectivity index (χ0v) is 11.3. The van der Waals surface area contributed by atoms with E-state index < -0.39 is 16.1 Å². The van der Waals surface area contributed by atoms with Gasteiger partial charge in [-0.1, -0.05) is 15.9 Å². The molecule has 0 aliphatic heterocycles. The van der Waals surface area contributed by atoms with Gasteiger partial charge >= 0.3 is 0 Å². The lowest BCUT2D eigenvalue weighted by atomic mass is 9.91. The highest BCUT2D eigenvalue weighted by Crippen LogP contribution is 2.26. The van der Waals surface area contributed by atoms with Gasteiger partial charge in [-0.25, -0.2) is 13.1 Å². The number of benzene rings is 1. The molecule has 1 saturated carbocycles. The van der Waals surface area contributed by atoms with E-state index in [1.807, 2.05) is 0 Å². The van der Waals surface area contributed by atoms with Gasteiger partial charge < -0.3 is 10.8 Å². The average molecular weight is 321 g/mol. The molecule has 0 spiro atoms. The third-order valence-corrected chi connectivity index (χ3v) is 4.77. The molecule has 0 heterocycles. The highest BCUT2D eigenvalue weighted by atomic mass is 79.9. The van der Waals surface area contributed by atoms with Crippen LogP contribution in [0.2, 0.25) is 0 Å². The SMILES string of the molecule is Nc1ccc(Br)cc1S(=O)(=O)NC1CC(O)C1. The molecule has 1 aliphatic carbocycles. The molecule has 1 aromatic rings. The summed E-state index contributed by atoms with van der Waals surface area (Å²) in [6.07, 6.45) is 0.503. The van der Waals surface area contributed by atoms with Crippen molar-refractivity contribution in [3.8, 4) is 0 Å². The van der Waals surface area contributed by atoms with Gasteiger partial charge in [-0.05, 0) is 31.0 Å². The van der Waals surface area contributed by atoms with Gasteiger partial charge in [0.1, 0.15) is 4.90 Å². The molecule has 0 bridgehead atoms. The topological polar surface area (TPSA) is 92.4 Å². The number of aliphatic hydroxyl groups is 1. The number of anilines is 1. The molecule has 1 fully saturated rings. The first-order valence-corrected chi connectivity index (χ1v) is 7.41. The fraction of sp³-hybridized carbons (Fsp3) is 0.400. The van der Waals surface area contributed by atoms with E-state index in [0.29, 0.717) is 17.3 Å². The number of nitrogens with two attached hydrogens (primary N) is 1. The van der Waals surface area contributed by atoms with Crippen molar-refractivity contribution in [3.05, 3.63) is 22.7 Å². The standard InChI is InChI=1S/C10H13BrN2O3S/c11-6-1-2-9(12)10(3-6)17(15,16)13-7-4-8(14)5-7/h1-3,7-8,13-14H,4-5,12H2. The van der Waals surface area contributed by atoms with Gasteiger partial charge in [-0.3, -0.25) is 0 Å². The molecular formula is C10H13BrN2O3S. The molecule has 2 rings (SSSR count). The van der Waals surface area contributed by atoms with E-state index in [2.05, 4.69) is 20.7 Å². The highest BCUT2D eigenvalue weighted by Gasteiger charge is 2.31. The van der Waals surface area contributed by atoms with Crippen LogP contribution in [0.1, 0.15) is 12.8 Å². The molecule has 94 valence electrons. The Labute approximate surface area is 108 Å². The number of hydrogen-bond donors (Lipinski definition) is 3. The van der Waals surface area contributed by atoms with E-state index in [4.69, 9.17) is 10.8 Å². The van der Waals surface area contributed by atoms with E-state index in [1.165, 1.54) is 12.1 Å². The minimum Gasteiger partial charge on any atom is -0.398 e. The Morgan fingerprint density at radius 1 is 1.41 bits per heavy atom. The van der Waals surface area contributed by atoms with Crippen LogP contribution in [-0.2, 0) is 10.0 Å². The van der Waals surface area contributed by atoms with E-state index in [-0.39, 0.29) is 16.6 Å². The van der Waals surface area contributed by atoms with Crippen molar-refractivity contribution in [2.45, 2.75) is 29.9 Å². The number of rotatable bonds is 3. The zero-order valence-electron chi connectivity index (χ0n) is 8.93. The smallest absolute Gasteiger partial charge is 0.242 e. The van der Waals surface area contributed by atoms with Crippen LogP contribution >= 0.6 is 15.9 Å².